The van der Waals surface area contributed by atoms with Gasteiger partial charge >= 0.3 is 0 Å². The van der Waals surface area contributed by atoms with Crippen molar-refractivity contribution in [3.8, 4) is 0 Å². The van der Waals surface area contributed by atoms with Crippen molar-refractivity contribution < 1.29 is 4.57 Å². The molecule has 1 atom stereocenters. The van der Waals surface area contributed by atoms with E-state index in [-0.39, 0.29) is 0 Å². The van der Waals surface area contributed by atoms with Crippen molar-refractivity contribution >= 4 is 12.4 Å². The number of benzene rings is 1. The standard InChI is InChI=1S/C12H18NOP/c1-15(2,14)12-5-3-4-10(8-12)11-6-7-13-9-11/h3-5,8,11,13H,6-7,9H2,1-2H3. The minimum absolute atomic E-state index is 0.608. The molecule has 1 aromatic carbocycles. The molecule has 2 rings (SSSR count). The molecule has 82 valence electrons. The van der Waals surface area contributed by atoms with Crippen LogP contribution in [0.1, 0.15) is 17.9 Å². The van der Waals surface area contributed by atoms with E-state index in [0.717, 1.165) is 18.4 Å². The van der Waals surface area contributed by atoms with E-state index in [1.54, 1.807) is 0 Å². The highest BCUT2D eigenvalue weighted by Gasteiger charge is 2.18. The summed E-state index contributed by atoms with van der Waals surface area (Å²) in [5, 5.41) is 4.37. The molecule has 1 aliphatic heterocycles. The van der Waals surface area contributed by atoms with Crippen LogP contribution in [0.15, 0.2) is 24.3 Å². The van der Waals surface area contributed by atoms with Crippen molar-refractivity contribution in [1.82, 2.24) is 5.32 Å². The maximum Gasteiger partial charge on any atom is 0.109 e. The van der Waals surface area contributed by atoms with Gasteiger partial charge in [0.1, 0.15) is 7.14 Å². The summed E-state index contributed by atoms with van der Waals surface area (Å²) in [5.74, 6) is 0.608. The van der Waals surface area contributed by atoms with Gasteiger partial charge in [0.2, 0.25) is 0 Å². The molecule has 0 spiro atoms. The Balaban J connectivity index is 2.30. The van der Waals surface area contributed by atoms with Gasteiger partial charge in [-0.15, -0.1) is 0 Å². The van der Waals surface area contributed by atoms with Crippen molar-refractivity contribution in [3.63, 3.8) is 0 Å². The second-order valence-electron chi connectivity index (χ2n) is 4.64. The molecule has 0 aliphatic carbocycles. The molecular formula is C12H18NOP. The van der Waals surface area contributed by atoms with Gasteiger partial charge in [0.15, 0.2) is 0 Å². The van der Waals surface area contributed by atoms with Crippen LogP contribution in [0.25, 0.3) is 0 Å². The molecule has 3 heteroatoms. The Kier molecular flexibility index (Phi) is 2.99. The fourth-order valence-electron chi connectivity index (χ4n) is 2.05. The predicted molar refractivity (Wildman–Crippen MR) is 65.8 cm³/mol. The molecule has 15 heavy (non-hydrogen) atoms. The Hall–Kier alpha value is -0.590. The van der Waals surface area contributed by atoms with E-state index in [9.17, 15) is 4.57 Å². The lowest BCUT2D eigenvalue weighted by molar-refractivity contribution is 0.588. The third kappa shape index (κ3) is 2.50. The second kappa shape index (κ2) is 4.11. The number of nitrogens with one attached hydrogen (secondary N) is 1. The van der Waals surface area contributed by atoms with Crippen LogP contribution in [0.2, 0.25) is 0 Å². The summed E-state index contributed by atoms with van der Waals surface area (Å²) in [6.45, 7) is 5.82. The van der Waals surface area contributed by atoms with Crippen LogP contribution in [0.5, 0.6) is 0 Å². The zero-order chi connectivity index (χ0) is 10.9. The largest absolute Gasteiger partial charge is 0.319 e. The Morgan fingerprint density at radius 1 is 1.40 bits per heavy atom. The molecule has 0 bridgehead atoms. The third-order valence-corrected chi connectivity index (χ3v) is 4.55. The average molecular weight is 223 g/mol. The van der Waals surface area contributed by atoms with Gasteiger partial charge in [-0.05, 0) is 43.8 Å². The van der Waals surface area contributed by atoms with E-state index in [0.29, 0.717) is 5.92 Å². The second-order valence-corrected chi connectivity index (χ2v) is 7.85. The van der Waals surface area contributed by atoms with E-state index in [2.05, 4.69) is 17.4 Å². The van der Waals surface area contributed by atoms with E-state index in [4.69, 9.17) is 0 Å². The van der Waals surface area contributed by atoms with Gasteiger partial charge in [-0.2, -0.15) is 0 Å². The summed E-state index contributed by atoms with van der Waals surface area (Å²) in [6, 6.07) is 8.28. The average Bonchev–Trinajstić information content (AvgIpc) is 2.69. The molecule has 1 unspecified atom stereocenters. The molecule has 1 heterocycles. The normalized spacial score (nSPS) is 21.9. The van der Waals surface area contributed by atoms with Crippen molar-refractivity contribution in [2.24, 2.45) is 0 Å². The Labute approximate surface area is 91.5 Å². The van der Waals surface area contributed by atoms with Gasteiger partial charge in [0, 0.05) is 11.8 Å². The molecule has 0 aromatic heterocycles. The van der Waals surface area contributed by atoms with Gasteiger partial charge in [-0.1, -0.05) is 18.2 Å². The maximum atomic E-state index is 12.0. The first kappa shape index (κ1) is 10.9. The molecule has 1 N–H and O–H groups in total. The molecule has 0 amide bonds. The quantitative estimate of drug-likeness (QED) is 0.777. The lowest BCUT2D eigenvalue weighted by Crippen LogP contribution is -2.10. The van der Waals surface area contributed by atoms with Crippen LogP contribution < -0.4 is 10.6 Å². The zero-order valence-electron chi connectivity index (χ0n) is 9.36. The Bertz CT molecular complexity index is 390. The molecule has 0 saturated carbocycles. The lowest BCUT2D eigenvalue weighted by Gasteiger charge is -2.12. The molecule has 1 fully saturated rings. The molecule has 1 aliphatic rings. The lowest BCUT2D eigenvalue weighted by atomic mass is 9.99. The summed E-state index contributed by atoms with van der Waals surface area (Å²) in [5.41, 5.74) is 1.33. The predicted octanol–water partition coefficient (Wildman–Crippen LogP) is 2.01. The van der Waals surface area contributed by atoms with Gasteiger partial charge in [-0.25, -0.2) is 0 Å². The zero-order valence-corrected chi connectivity index (χ0v) is 10.3. The minimum atomic E-state index is -2.11. The minimum Gasteiger partial charge on any atom is -0.319 e. The summed E-state index contributed by atoms with van der Waals surface area (Å²) in [6.07, 6.45) is 1.20. The first-order valence-corrected chi connectivity index (χ1v) is 8.04. The third-order valence-electron chi connectivity index (χ3n) is 3.02. The highest BCUT2D eigenvalue weighted by Crippen LogP contribution is 2.35. The van der Waals surface area contributed by atoms with Gasteiger partial charge in [-0.3, -0.25) is 0 Å². The summed E-state index contributed by atoms with van der Waals surface area (Å²) in [7, 11) is -2.11. The van der Waals surface area contributed by atoms with Gasteiger partial charge in [0.05, 0.1) is 0 Å². The molecule has 0 radical (unpaired) electrons. The van der Waals surface area contributed by atoms with Crippen LogP contribution in [-0.4, -0.2) is 26.4 Å². The Morgan fingerprint density at radius 3 is 2.80 bits per heavy atom. The summed E-state index contributed by atoms with van der Waals surface area (Å²) in [4.78, 5) is 0. The molecule has 1 aromatic rings. The van der Waals surface area contributed by atoms with Crippen molar-refractivity contribution in [1.29, 1.82) is 0 Å². The monoisotopic (exact) mass is 223 g/mol. The van der Waals surface area contributed by atoms with Crippen molar-refractivity contribution in [2.45, 2.75) is 12.3 Å². The summed E-state index contributed by atoms with van der Waals surface area (Å²) >= 11 is 0. The van der Waals surface area contributed by atoms with Crippen LogP contribution in [0.3, 0.4) is 0 Å². The van der Waals surface area contributed by atoms with E-state index >= 15 is 0 Å². The van der Waals surface area contributed by atoms with Crippen LogP contribution >= 0.6 is 7.14 Å². The molecule has 2 nitrogen and oxygen atoms in total. The highest BCUT2D eigenvalue weighted by molar-refractivity contribution is 7.70. The van der Waals surface area contributed by atoms with Crippen LogP contribution in [0, 0.1) is 0 Å². The van der Waals surface area contributed by atoms with E-state index in [1.165, 1.54) is 12.0 Å². The maximum absolute atomic E-state index is 12.0. The fraction of sp³-hybridized carbons (Fsp3) is 0.500. The van der Waals surface area contributed by atoms with Gasteiger partial charge < -0.3 is 9.88 Å². The molecule has 1 saturated heterocycles. The summed E-state index contributed by atoms with van der Waals surface area (Å²) < 4.78 is 12.0. The number of hydrogen-bond acceptors (Lipinski definition) is 2. The topological polar surface area (TPSA) is 29.1 Å². The van der Waals surface area contributed by atoms with E-state index in [1.807, 2.05) is 25.5 Å². The van der Waals surface area contributed by atoms with Crippen molar-refractivity contribution in [3.05, 3.63) is 29.8 Å². The number of hydrogen-bond donors (Lipinski definition) is 1. The SMILES string of the molecule is CP(C)(=O)c1cccc(C2CCNC2)c1. The van der Waals surface area contributed by atoms with Crippen LogP contribution in [-0.2, 0) is 4.57 Å². The first-order chi connectivity index (χ1) is 7.07. The van der Waals surface area contributed by atoms with Crippen LogP contribution in [0.4, 0.5) is 0 Å². The Morgan fingerprint density at radius 2 is 2.20 bits per heavy atom. The van der Waals surface area contributed by atoms with Gasteiger partial charge in [0.25, 0.3) is 0 Å². The highest BCUT2D eigenvalue weighted by atomic mass is 31.2. The smallest absolute Gasteiger partial charge is 0.109 e. The molecular weight excluding hydrogens is 205 g/mol. The first-order valence-electron chi connectivity index (χ1n) is 5.43. The fourth-order valence-corrected chi connectivity index (χ4v) is 2.96. The van der Waals surface area contributed by atoms with E-state index < -0.39 is 7.14 Å². The van der Waals surface area contributed by atoms with Crippen molar-refractivity contribution in [2.75, 3.05) is 26.4 Å². The number of rotatable bonds is 2.